The van der Waals surface area contributed by atoms with Gasteiger partial charge in [0.1, 0.15) is 0 Å². The van der Waals surface area contributed by atoms with Gasteiger partial charge < -0.3 is 9.97 Å². The Bertz CT molecular complexity index is 703. The van der Waals surface area contributed by atoms with Crippen molar-refractivity contribution in [3.05, 3.63) is 48.8 Å². The maximum Gasteiger partial charge on any atom is 0.155 e. The van der Waals surface area contributed by atoms with Gasteiger partial charge in [-0.15, -0.1) is 0 Å². The molecule has 0 aliphatic carbocycles. The first-order valence-electron chi connectivity index (χ1n) is 5.78. The van der Waals surface area contributed by atoms with Gasteiger partial charge in [-0.2, -0.15) is 0 Å². The summed E-state index contributed by atoms with van der Waals surface area (Å²) >= 11 is 0. The highest BCUT2D eigenvalue weighted by atomic mass is 15.0. The first-order valence-corrected chi connectivity index (χ1v) is 5.78. The molecule has 4 rings (SSSR count). The standard InChI is InChI=1S/C14H10N4/c1-2-4-10-9(3-1)7-12(16-10)14-17-11-5-6-15-8-13(11)18-14/h1-8,16H,(H,17,18). The summed E-state index contributed by atoms with van der Waals surface area (Å²) in [4.78, 5) is 15.3. The average Bonchev–Trinajstić information content (AvgIpc) is 3.02. The maximum atomic E-state index is 4.55. The number of pyridine rings is 1. The van der Waals surface area contributed by atoms with Crippen LogP contribution < -0.4 is 0 Å². The molecule has 4 heteroatoms. The average molecular weight is 234 g/mol. The lowest BCUT2D eigenvalue weighted by molar-refractivity contribution is 1.29. The van der Waals surface area contributed by atoms with Crippen molar-refractivity contribution in [2.24, 2.45) is 0 Å². The van der Waals surface area contributed by atoms with Crippen LogP contribution in [0.1, 0.15) is 0 Å². The van der Waals surface area contributed by atoms with Gasteiger partial charge in [0.2, 0.25) is 0 Å². The molecule has 0 radical (unpaired) electrons. The molecule has 0 atom stereocenters. The van der Waals surface area contributed by atoms with Gasteiger partial charge in [-0.25, -0.2) is 4.98 Å². The van der Waals surface area contributed by atoms with E-state index < -0.39 is 0 Å². The predicted octanol–water partition coefficient (Wildman–Crippen LogP) is 3.11. The molecule has 0 aliphatic heterocycles. The highest BCUT2D eigenvalue weighted by Crippen LogP contribution is 2.23. The van der Waals surface area contributed by atoms with E-state index in [9.17, 15) is 0 Å². The van der Waals surface area contributed by atoms with Crippen LogP contribution in [0.2, 0.25) is 0 Å². The molecule has 4 nitrogen and oxygen atoms in total. The fourth-order valence-corrected chi connectivity index (χ4v) is 2.19. The van der Waals surface area contributed by atoms with Gasteiger partial charge in [0.15, 0.2) is 5.82 Å². The van der Waals surface area contributed by atoms with Crippen LogP contribution >= 0.6 is 0 Å². The SMILES string of the molecule is c1ccc2[nH]c(-c3nc4ccncc4[nH]3)cc2c1. The zero-order valence-electron chi connectivity index (χ0n) is 9.51. The number of para-hydroxylation sites is 1. The third-order valence-corrected chi connectivity index (χ3v) is 3.07. The van der Waals surface area contributed by atoms with E-state index in [1.165, 1.54) is 5.39 Å². The number of nitrogens with zero attached hydrogens (tertiary/aromatic N) is 2. The Hall–Kier alpha value is -2.62. The monoisotopic (exact) mass is 234 g/mol. The Labute approximate surface area is 103 Å². The van der Waals surface area contributed by atoms with E-state index in [-0.39, 0.29) is 0 Å². The minimum atomic E-state index is 0.842. The number of H-pyrrole nitrogens is 2. The fraction of sp³-hybridized carbons (Fsp3) is 0. The fourth-order valence-electron chi connectivity index (χ4n) is 2.19. The van der Waals surface area contributed by atoms with Crippen LogP contribution in [-0.4, -0.2) is 19.9 Å². The van der Waals surface area contributed by atoms with Gasteiger partial charge in [-0.3, -0.25) is 4.98 Å². The van der Waals surface area contributed by atoms with Gasteiger partial charge in [0.25, 0.3) is 0 Å². The second-order valence-corrected chi connectivity index (χ2v) is 4.25. The van der Waals surface area contributed by atoms with Crippen molar-refractivity contribution in [1.29, 1.82) is 0 Å². The molecule has 86 valence electrons. The lowest BCUT2D eigenvalue weighted by atomic mass is 10.2. The molecule has 3 heterocycles. The van der Waals surface area contributed by atoms with Crippen LogP contribution in [0.15, 0.2) is 48.8 Å². The summed E-state index contributed by atoms with van der Waals surface area (Å²) in [6.45, 7) is 0. The van der Waals surface area contributed by atoms with Gasteiger partial charge in [-0.1, -0.05) is 18.2 Å². The van der Waals surface area contributed by atoms with Crippen molar-refractivity contribution in [3.63, 3.8) is 0 Å². The number of imidazole rings is 1. The second-order valence-electron chi connectivity index (χ2n) is 4.25. The normalized spacial score (nSPS) is 11.3. The van der Waals surface area contributed by atoms with E-state index in [0.717, 1.165) is 28.1 Å². The summed E-state index contributed by atoms with van der Waals surface area (Å²) in [6.07, 6.45) is 3.53. The van der Waals surface area contributed by atoms with Crippen molar-refractivity contribution >= 4 is 21.9 Å². The largest absolute Gasteiger partial charge is 0.352 e. The number of fused-ring (bicyclic) bond motifs is 2. The summed E-state index contributed by atoms with van der Waals surface area (Å²) < 4.78 is 0. The van der Waals surface area contributed by atoms with Crippen molar-refractivity contribution < 1.29 is 0 Å². The minimum absolute atomic E-state index is 0.842. The molecule has 0 saturated carbocycles. The van der Waals surface area contributed by atoms with Crippen molar-refractivity contribution in [1.82, 2.24) is 19.9 Å². The van der Waals surface area contributed by atoms with E-state index >= 15 is 0 Å². The Morgan fingerprint density at radius 2 is 1.89 bits per heavy atom. The van der Waals surface area contributed by atoms with Gasteiger partial charge in [0.05, 0.1) is 22.9 Å². The van der Waals surface area contributed by atoms with Crippen molar-refractivity contribution in [2.75, 3.05) is 0 Å². The van der Waals surface area contributed by atoms with E-state index in [1.54, 1.807) is 12.4 Å². The lowest BCUT2D eigenvalue weighted by Crippen LogP contribution is -1.78. The summed E-state index contributed by atoms with van der Waals surface area (Å²) in [5, 5.41) is 1.19. The molecule has 1 aromatic carbocycles. The molecule has 2 N–H and O–H groups in total. The van der Waals surface area contributed by atoms with Crippen molar-refractivity contribution in [2.45, 2.75) is 0 Å². The number of hydrogen-bond acceptors (Lipinski definition) is 2. The molecule has 0 spiro atoms. The topological polar surface area (TPSA) is 57.4 Å². The molecule has 0 amide bonds. The quantitative estimate of drug-likeness (QED) is 0.531. The van der Waals surface area contributed by atoms with Crippen LogP contribution in [0.4, 0.5) is 0 Å². The smallest absolute Gasteiger partial charge is 0.155 e. The van der Waals surface area contributed by atoms with Gasteiger partial charge >= 0.3 is 0 Å². The number of aromatic nitrogens is 4. The first-order chi connectivity index (χ1) is 8.90. The summed E-state index contributed by atoms with van der Waals surface area (Å²) in [7, 11) is 0. The number of benzene rings is 1. The summed E-state index contributed by atoms with van der Waals surface area (Å²) in [6, 6.07) is 12.2. The zero-order valence-corrected chi connectivity index (χ0v) is 9.51. The van der Waals surface area contributed by atoms with Crippen LogP contribution in [0.25, 0.3) is 33.5 Å². The third-order valence-electron chi connectivity index (χ3n) is 3.07. The van der Waals surface area contributed by atoms with E-state index in [0.29, 0.717) is 0 Å². The Morgan fingerprint density at radius 3 is 2.78 bits per heavy atom. The van der Waals surface area contributed by atoms with Crippen molar-refractivity contribution in [3.8, 4) is 11.5 Å². The molecule has 4 aromatic rings. The molecular formula is C14H10N4. The Morgan fingerprint density at radius 1 is 0.944 bits per heavy atom. The molecule has 0 bridgehead atoms. The number of aromatic amines is 2. The zero-order chi connectivity index (χ0) is 11.9. The van der Waals surface area contributed by atoms with Crippen LogP contribution in [0, 0.1) is 0 Å². The predicted molar refractivity (Wildman–Crippen MR) is 71.2 cm³/mol. The maximum absolute atomic E-state index is 4.55. The van der Waals surface area contributed by atoms with Crippen LogP contribution in [0.5, 0.6) is 0 Å². The minimum Gasteiger partial charge on any atom is -0.352 e. The lowest BCUT2D eigenvalue weighted by Gasteiger charge is -1.88. The van der Waals surface area contributed by atoms with Gasteiger partial charge in [-0.05, 0) is 18.2 Å². The number of nitrogens with one attached hydrogen (secondary N) is 2. The van der Waals surface area contributed by atoms with Crippen LogP contribution in [0.3, 0.4) is 0 Å². The van der Waals surface area contributed by atoms with Crippen LogP contribution in [-0.2, 0) is 0 Å². The highest BCUT2D eigenvalue weighted by Gasteiger charge is 2.07. The van der Waals surface area contributed by atoms with Gasteiger partial charge in [0, 0.05) is 17.1 Å². The molecule has 18 heavy (non-hydrogen) atoms. The van der Waals surface area contributed by atoms with E-state index in [1.807, 2.05) is 18.2 Å². The highest BCUT2D eigenvalue weighted by molar-refractivity contribution is 5.86. The molecule has 3 aromatic heterocycles. The first kappa shape index (κ1) is 9.41. The Balaban J connectivity index is 1.95. The molecule has 0 saturated heterocycles. The number of rotatable bonds is 1. The molecule has 0 unspecified atom stereocenters. The Kier molecular flexibility index (Phi) is 1.80. The summed E-state index contributed by atoms with van der Waals surface area (Å²) in [5.41, 5.74) is 3.99. The number of hydrogen-bond donors (Lipinski definition) is 2. The van der Waals surface area contributed by atoms with E-state index in [4.69, 9.17) is 0 Å². The third kappa shape index (κ3) is 1.32. The second kappa shape index (κ2) is 3.43. The summed E-state index contributed by atoms with van der Waals surface area (Å²) in [5.74, 6) is 0.842. The molecule has 0 fully saturated rings. The molecule has 0 aliphatic rings. The van der Waals surface area contributed by atoms with E-state index in [2.05, 4.69) is 38.1 Å². The molecular weight excluding hydrogens is 224 g/mol.